The molecule has 0 saturated heterocycles. The van der Waals surface area contributed by atoms with Crippen molar-refractivity contribution in [3.63, 3.8) is 0 Å². The molecule has 3 atom stereocenters. The number of nitrogens with two attached hydrogens (primary N) is 1. The van der Waals surface area contributed by atoms with Crippen LogP contribution in [-0.4, -0.2) is 54.0 Å². The predicted octanol–water partition coefficient (Wildman–Crippen LogP) is 2.37. The minimum absolute atomic E-state index is 0.0599. The maximum Gasteiger partial charge on any atom is 0.326 e. The zero-order valence-electron chi connectivity index (χ0n) is 19.3. The Kier molecular flexibility index (Phi) is 7.89. The summed E-state index contributed by atoms with van der Waals surface area (Å²) in [4.78, 5) is 39.8. The van der Waals surface area contributed by atoms with Crippen molar-refractivity contribution in [2.75, 3.05) is 5.75 Å². The lowest BCUT2D eigenvalue weighted by Crippen LogP contribution is -2.55. The van der Waals surface area contributed by atoms with E-state index in [9.17, 15) is 27.9 Å². The predicted molar refractivity (Wildman–Crippen MR) is 127 cm³/mol. The maximum absolute atomic E-state index is 13.4. The molecule has 2 aromatic carbocycles. The molecule has 182 valence electrons. The number of nitrogens with zero attached hydrogens (tertiary/aromatic N) is 1. The Labute approximate surface area is 199 Å². The Morgan fingerprint density at radius 2 is 1.68 bits per heavy atom. The lowest BCUT2D eigenvalue weighted by atomic mass is 9.95. The molecule has 9 heteroatoms. The van der Waals surface area contributed by atoms with Crippen molar-refractivity contribution in [2.24, 2.45) is 11.7 Å². The molecule has 0 saturated carbocycles. The van der Waals surface area contributed by atoms with Crippen LogP contribution >= 0.6 is 0 Å². The summed E-state index contributed by atoms with van der Waals surface area (Å²) in [5.41, 5.74) is 7.44. The molecule has 0 aromatic heterocycles. The van der Waals surface area contributed by atoms with E-state index in [1.165, 1.54) is 6.07 Å². The Morgan fingerprint density at radius 3 is 2.29 bits per heavy atom. The van der Waals surface area contributed by atoms with Crippen LogP contribution in [0.25, 0.3) is 0 Å². The standard InChI is InChI=1S/C25H30N2O6S/c1-16(2)12-21(25(30)31)27(24(29)20(26)13-17-8-4-3-5-9-17)23(28)14-18-15-34(32,33)22-11-7-6-10-19(18)22/h3-11,16,18,20-21H,12-15,26H2,1-2H3,(H,30,31). The lowest BCUT2D eigenvalue weighted by Gasteiger charge is -2.31. The number of hydrogen-bond donors (Lipinski definition) is 2. The monoisotopic (exact) mass is 486 g/mol. The summed E-state index contributed by atoms with van der Waals surface area (Å²) >= 11 is 0. The summed E-state index contributed by atoms with van der Waals surface area (Å²) in [5.74, 6) is -3.86. The number of fused-ring (bicyclic) bond motifs is 1. The van der Waals surface area contributed by atoms with Gasteiger partial charge in [0.15, 0.2) is 9.84 Å². The van der Waals surface area contributed by atoms with E-state index in [1.54, 1.807) is 56.3 Å². The maximum atomic E-state index is 13.4. The molecule has 2 amide bonds. The summed E-state index contributed by atoms with van der Waals surface area (Å²) in [6.07, 6.45) is -0.107. The van der Waals surface area contributed by atoms with Crippen molar-refractivity contribution < 1.29 is 27.9 Å². The van der Waals surface area contributed by atoms with E-state index in [4.69, 9.17) is 5.73 Å². The van der Waals surface area contributed by atoms with Crippen LogP contribution in [0.4, 0.5) is 0 Å². The summed E-state index contributed by atoms with van der Waals surface area (Å²) in [6.45, 7) is 3.60. The number of carbonyl (C=O) groups is 3. The van der Waals surface area contributed by atoms with Gasteiger partial charge in [-0.25, -0.2) is 13.2 Å². The van der Waals surface area contributed by atoms with E-state index in [0.717, 1.165) is 10.5 Å². The number of imide groups is 1. The van der Waals surface area contributed by atoms with Gasteiger partial charge in [-0.05, 0) is 36.0 Å². The minimum atomic E-state index is -3.56. The number of aliphatic carboxylic acids is 1. The molecule has 3 unspecified atom stereocenters. The summed E-state index contributed by atoms with van der Waals surface area (Å²) in [5, 5.41) is 9.88. The van der Waals surface area contributed by atoms with E-state index in [1.807, 2.05) is 6.07 Å². The van der Waals surface area contributed by atoms with Crippen LogP contribution in [-0.2, 0) is 30.6 Å². The molecule has 1 aliphatic rings. The first-order valence-electron chi connectivity index (χ1n) is 11.2. The van der Waals surface area contributed by atoms with E-state index in [2.05, 4.69) is 0 Å². The molecule has 0 spiro atoms. The highest BCUT2D eigenvalue weighted by molar-refractivity contribution is 7.91. The highest BCUT2D eigenvalue weighted by Crippen LogP contribution is 2.37. The second-order valence-electron chi connectivity index (χ2n) is 9.10. The molecule has 2 aromatic rings. The third-order valence-corrected chi connectivity index (χ3v) is 7.83. The van der Waals surface area contributed by atoms with Crippen molar-refractivity contribution in [3.8, 4) is 0 Å². The third kappa shape index (κ3) is 5.71. The first-order chi connectivity index (χ1) is 16.0. The number of hydrogen-bond acceptors (Lipinski definition) is 6. The zero-order chi connectivity index (χ0) is 25.0. The highest BCUT2D eigenvalue weighted by Gasteiger charge is 2.41. The summed E-state index contributed by atoms with van der Waals surface area (Å²) < 4.78 is 25.1. The number of rotatable bonds is 9. The molecular weight excluding hydrogens is 456 g/mol. The van der Waals surface area contributed by atoms with Crippen molar-refractivity contribution >= 4 is 27.6 Å². The second kappa shape index (κ2) is 10.5. The second-order valence-corrected chi connectivity index (χ2v) is 11.1. The number of amides is 2. The molecular formula is C25H30N2O6S. The molecule has 1 heterocycles. The fourth-order valence-corrected chi connectivity index (χ4v) is 6.26. The lowest BCUT2D eigenvalue weighted by molar-refractivity contribution is -0.159. The van der Waals surface area contributed by atoms with Gasteiger partial charge in [-0.2, -0.15) is 0 Å². The van der Waals surface area contributed by atoms with Crippen LogP contribution in [0.2, 0.25) is 0 Å². The quantitative estimate of drug-likeness (QED) is 0.555. The third-order valence-electron chi connectivity index (χ3n) is 5.95. The van der Waals surface area contributed by atoms with Crippen LogP contribution in [0.1, 0.15) is 43.7 Å². The molecule has 0 aliphatic carbocycles. The van der Waals surface area contributed by atoms with Gasteiger partial charge in [-0.3, -0.25) is 14.5 Å². The molecule has 0 radical (unpaired) electrons. The van der Waals surface area contributed by atoms with E-state index >= 15 is 0 Å². The first kappa shape index (κ1) is 25.6. The number of benzene rings is 2. The van der Waals surface area contributed by atoms with E-state index < -0.39 is 45.6 Å². The van der Waals surface area contributed by atoms with Gasteiger partial charge in [-0.15, -0.1) is 0 Å². The van der Waals surface area contributed by atoms with Gasteiger partial charge in [0.1, 0.15) is 6.04 Å². The Hall–Kier alpha value is -3.04. The highest BCUT2D eigenvalue weighted by atomic mass is 32.2. The smallest absolute Gasteiger partial charge is 0.326 e. The first-order valence-corrected chi connectivity index (χ1v) is 12.9. The fraction of sp³-hybridized carbons (Fsp3) is 0.400. The molecule has 34 heavy (non-hydrogen) atoms. The van der Waals surface area contributed by atoms with Crippen LogP contribution in [0.5, 0.6) is 0 Å². The van der Waals surface area contributed by atoms with E-state index in [0.29, 0.717) is 5.56 Å². The van der Waals surface area contributed by atoms with Gasteiger partial charge in [0.25, 0.3) is 0 Å². The summed E-state index contributed by atoms with van der Waals surface area (Å²) in [6, 6.07) is 12.9. The fourth-order valence-electron chi connectivity index (χ4n) is 4.37. The van der Waals surface area contributed by atoms with Crippen molar-refractivity contribution in [1.29, 1.82) is 0 Å². The van der Waals surface area contributed by atoms with Gasteiger partial charge in [0.2, 0.25) is 11.8 Å². The number of carbonyl (C=O) groups excluding carboxylic acids is 2. The number of carboxylic acids is 1. The molecule has 3 N–H and O–H groups in total. The minimum Gasteiger partial charge on any atom is -0.480 e. The molecule has 0 fully saturated rings. The Morgan fingerprint density at radius 1 is 1.06 bits per heavy atom. The molecule has 8 nitrogen and oxygen atoms in total. The van der Waals surface area contributed by atoms with Gasteiger partial charge >= 0.3 is 5.97 Å². The van der Waals surface area contributed by atoms with Crippen molar-refractivity contribution in [3.05, 3.63) is 65.7 Å². The van der Waals surface area contributed by atoms with Crippen LogP contribution in [0.15, 0.2) is 59.5 Å². The molecule has 3 rings (SSSR count). The normalized spacial score (nSPS) is 18.2. The molecule has 0 bridgehead atoms. The number of sulfone groups is 1. The van der Waals surface area contributed by atoms with Gasteiger partial charge < -0.3 is 10.8 Å². The average molecular weight is 487 g/mol. The Balaban J connectivity index is 1.91. The van der Waals surface area contributed by atoms with Gasteiger partial charge in [-0.1, -0.05) is 62.4 Å². The topological polar surface area (TPSA) is 135 Å². The van der Waals surface area contributed by atoms with Crippen LogP contribution in [0, 0.1) is 5.92 Å². The van der Waals surface area contributed by atoms with Gasteiger partial charge in [0.05, 0.1) is 16.7 Å². The zero-order valence-corrected chi connectivity index (χ0v) is 20.1. The summed E-state index contributed by atoms with van der Waals surface area (Å²) in [7, 11) is -3.56. The average Bonchev–Trinajstić information content (AvgIpc) is 3.03. The SMILES string of the molecule is CC(C)CC(C(=O)O)N(C(=O)CC1CS(=O)(=O)c2ccccc21)C(=O)C(N)Cc1ccccc1. The largest absolute Gasteiger partial charge is 0.480 e. The van der Waals surface area contributed by atoms with Gasteiger partial charge in [0, 0.05) is 12.3 Å². The van der Waals surface area contributed by atoms with Crippen molar-refractivity contribution in [2.45, 2.75) is 56.0 Å². The molecule has 1 aliphatic heterocycles. The Bertz CT molecular complexity index is 1160. The van der Waals surface area contributed by atoms with Crippen LogP contribution < -0.4 is 5.73 Å². The van der Waals surface area contributed by atoms with E-state index in [-0.39, 0.29) is 35.8 Å². The number of carboxylic acid groups (broad SMARTS) is 1. The van der Waals surface area contributed by atoms with Crippen LogP contribution in [0.3, 0.4) is 0 Å². The van der Waals surface area contributed by atoms with Crippen molar-refractivity contribution in [1.82, 2.24) is 4.90 Å².